The molecule has 5 heteroatoms. The van der Waals surface area contributed by atoms with Crippen molar-refractivity contribution in [3.8, 4) is 0 Å². The highest BCUT2D eigenvalue weighted by Crippen LogP contribution is 2.06. The third-order valence-corrected chi connectivity index (χ3v) is 1.28. The number of carbonyl (C=O) groups excluding carboxylic acids is 1. The number of hydrogen-bond acceptors (Lipinski definition) is 4. The first-order valence-electron chi connectivity index (χ1n) is 3.08. The van der Waals surface area contributed by atoms with Crippen molar-refractivity contribution in [3.05, 3.63) is 23.9 Å². The second-order valence-electron chi connectivity index (χ2n) is 1.97. The molecule has 1 rings (SSSR count). The molecule has 0 bridgehead atoms. The molecule has 0 radical (unpaired) electrons. The largest absolute Gasteiger partial charge is 0.366 e. The van der Waals surface area contributed by atoms with E-state index in [0.717, 1.165) is 0 Å². The fourth-order valence-corrected chi connectivity index (χ4v) is 0.738. The van der Waals surface area contributed by atoms with E-state index in [1.165, 1.54) is 12.3 Å². The van der Waals surface area contributed by atoms with Crippen LogP contribution >= 0.6 is 12.2 Å². The summed E-state index contributed by atoms with van der Waals surface area (Å²) in [6.07, 6.45) is 1.34. The molecule has 0 fully saturated rings. The predicted molar refractivity (Wildman–Crippen MR) is 47.4 cm³/mol. The van der Waals surface area contributed by atoms with Gasteiger partial charge in [-0.3, -0.25) is 4.79 Å². The van der Waals surface area contributed by atoms with Gasteiger partial charge < -0.3 is 5.73 Å². The molecule has 0 aliphatic rings. The Morgan fingerprint density at radius 3 is 2.83 bits per heavy atom. The lowest BCUT2D eigenvalue weighted by atomic mass is 10.3. The van der Waals surface area contributed by atoms with E-state index in [0.29, 0.717) is 11.4 Å². The Morgan fingerprint density at radius 1 is 1.67 bits per heavy atom. The van der Waals surface area contributed by atoms with Crippen LogP contribution in [0.1, 0.15) is 10.4 Å². The van der Waals surface area contributed by atoms with Gasteiger partial charge in [0.25, 0.3) is 0 Å². The Hall–Kier alpha value is -1.58. The van der Waals surface area contributed by atoms with Crippen molar-refractivity contribution < 1.29 is 4.79 Å². The van der Waals surface area contributed by atoms with Crippen LogP contribution in [-0.2, 0) is 0 Å². The van der Waals surface area contributed by atoms with Crippen LogP contribution in [-0.4, -0.2) is 16.1 Å². The van der Waals surface area contributed by atoms with Gasteiger partial charge >= 0.3 is 0 Å². The molecule has 1 aromatic heterocycles. The molecule has 1 amide bonds. The number of thiocarbonyl (C=S) groups is 1. The quantitative estimate of drug-likeness (QED) is 0.542. The minimum absolute atomic E-state index is 0.346. The van der Waals surface area contributed by atoms with Gasteiger partial charge in [-0.05, 0) is 24.4 Å². The molecular formula is C7H5N3OS. The lowest BCUT2D eigenvalue weighted by molar-refractivity contribution is 0.1000. The molecule has 1 aromatic rings. The molecule has 0 aromatic carbocycles. The molecule has 60 valence electrons. The Morgan fingerprint density at radius 2 is 2.42 bits per heavy atom. The van der Waals surface area contributed by atoms with E-state index in [4.69, 9.17) is 5.73 Å². The maximum Gasteiger partial charge on any atom is 0.250 e. The van der Waals surface area contributed by atoms with Crippen LogP contribution in [0.2, 0.25) is 0 Å². The maximum atomic E-state index is 10.6. The van der Waals surface area contributed by atoms with Gasteiger partial charge in [0.2, 0.25) is 5.91 Å². The van der Waals surface area contributed by atoms with E-state index in [1.54, 1.807) is 6.07 Å². The summed E-state index contributed by atoms with van der Waals surface area (Å²) in [7, 11) is 0. The summed E-state index contributed by atoms with van der Waals surface area (Å²) in [6, 6.07) is 3.07. The first-order valence-corrected chi connectivity index (χ1v) is 3.48. The molecule has 0 spiro atoms. The van der Waals surface area contributed by atoms with Crippen LogP contribution in [0, 0.1) is 0 Å². The van der Waals surface area contributed by atoms with Crippen molar-refractivity contribution in [3.63, 3.8) is 0 Å². The molecular weight excluding hydrogens is 174 g/mol. The third-order valence-electron chi connectivity index (χ3n) is 1.19. The summed E-state index contributed by atoms with van der Waals surface area (Å²) in [5.41, 5.74) is 5.34. The Balaban J connectivity index is 3.00. The van der Waals surface area contributed by atoms with E-state index in [1.807, 2.05) is 0 Å². The van der Waals surface area contributed by atoms with Gasteiger partial charge in [-0.1, -0.05) is 0 Å². The third kappa shape index (κ3) is 1.95. The van der Waals surface area contributed by atoms with Crippen LogP contribution in [0.5, 0.6) is 0 Å². The zero-order valence-electron chi connectivity index (χ0n) is 6.02. The van der Waals surface area contributed by atoms with Crippen molar-refractivity contribution in [2.45, 2.75) is 0 Å². The smallest absolute Gasteiger partial charge is 0.250 e. The van der Waals surface area contributed by atoms with Gasteiger partial charge in [-0.2, -0.15) is 4.99 Å². The molecule has 0 saturated carbocycles. The van der Waals surface area contributed by atoms with Crippen molar-refractivity contribution in [1.82, 2.24) is 4.98 Å². The van der Waals surface area contributed by atoms with Crippen LogP contribution < -0.4 is 5.73 Å². The Labute approximate surface area is 74.1 Å². The molecule has 1 heterocycles. The van der Waals surface area contributed by atoms with Gasteiger partial charge in [0.1, 0.15) is 0 Å². The summed E-state index contributed by atoms with van der Waals surface area (Å²) in [5.74, 6) is -0.101. The average molecular weight is 179 g/mol. The van der Waals surface area contributed by atoms with E-state index in [-0.39, 0.29) is 0 Å². The number of carbonyl (C=O) groups is 1. The van der Waals surface area contributed by atoms with E-state index < -0.39 is 5.91 Å². The van der Waals surface area contributed by atoms with Gasteiger partial charge in [-0.25, -0.2) is 4.98 Å². The molecule has 0 atom stereocenters. The van der Waals surface area contributed by atoms with E-state index in [9.17, 15) is 4.79 Å². The van der Waals surface area contributed by atoms with Crippen molar-refractivity contribution in [1.29, 1.82) is 0 Å². The minimum Gasteiger partial charge on any atom is -0.366 e. The number of isothiocyanates is 1. The van der Waals surface area contributed by atoms with Crippen LogP contribution in [0.25, 0.3) is 0 Å². The highest BCUT2D eigenvalue weighted by Gasteiger charge is 1.98. The summed E-state index contributed by atoms with van der Waals surface area (Å²) < 4.78 is 0. The van der Waals surface area contributed by atoms with Gasteiger partial charge in [0, 0.05) is 6.20 Å². The first kappa shape index (κ1) is 8.52. The molecule has 2 N–H and O–H groups in total. The summed E-state index contributed by atoms with van der Waals surface area (Å²) in [4.78, 5) is 18.0. The van der Waals surface area contributed by atoms with Crippen molar-refractivity contribution >= 4 is 29.1 Å². The monoisotopic (exact) mass is 179 g/mol. The van der Waals surface area contributed by atoms with Crippen molar-refractivity contribution in [2.75, 3.05) is 0 Å². The van der Waals surface area contributed by atoms with Crippen LogP contribution in [0.4, 0.5) is 5.82 Å². The first-order chi connectivity index (χ1) is 5.74. The summed E-state index contributed by atoms with van der Waals surface area (Å²) in [5, 5.41) is 2.16. The highest BCUT2D eigenvalue weighted by atomic mass is 32.1. The number of amides is 1. The second-order valence-corrected chi connectivity index (χ2v) is 2.15. The molecule has 0 unspecified atom stereocenters. The number of nitrogens with two attached hydrogens (primary N) is 1. The molecule has 4 nitrogen and oxygen atoms in total. The lowest BCUT2D eigenvalue weighted by Crippen LogP contribution is -2.10. The van der Waals surface area contributed by atoms with Crippen LogP contribution in [0.15, 0.2) is 23.3 Å². The SMILES string of the molecule is NC(=O)c1ccc(N=C=S)nc1. The van der Waals surface area contributed by atoms with Gasteiger partial charge in [0.15, 0.2) is 5.82 Å². The van der Waals surface area contributed by atoms with Crippen LogP contribution in [0.3, 0.4) is 0 Å². The summed E-state index contributed by atoms with van der Waals surface area (Å²) in [6.45, 7) is 0. The second kappa shape index (κ2) is 3.71. The standard InChI is InChI=1S/C7H5N3OS/c8-7(11)5-1-2-6(9-3-5)10-4-12/h1-3H,(H2,8,11). The maximum absolute atomic E-state index is 10.6. The number of primary amides is 1. The minimum atomic E-state index is -0.514. The normalized spacial score (nSPS) is 8.67. The Kier molecular flexibility index (Phi) is 2.63. The average Bonchev–Trinajstić information content (AvgIpc) is 2.06. The highest BCUT2D eigenvalue weighted by molar-refractivity contribution is 7.78. The van der Waals surface area contributed by atoms with Crippen molar-refractivity contribution in [2.24, 2.45) is 10.7 Å². The number of rotatable bonds is 2. The van der Waals surface area contributed by atoms with E-state index >= 15 is 0 Å². The molecule has 12 heavy (non-hydrogen) atoms. The topological polar surface area (TPSA) is 68.3 Å². The summed E-state index contributed by atoms with van der Waals surface area (Å²) >= 11 is 4.37. The number of hydrogen-bond donors (Lipinski definition) is 1. The Bertz CT molecular complexity index is 319. The number of pyridine rings is 1. The number of aliphatic imine (C=N–C) groups is 1. The number of aromatic nitrogens is 1. The molecule has 0 aliphatic carbocycles. The van der Waals surface area contributed by atoms with E-state index in [2.05, 4.69) is 27.4 Å². The molecule has 0 saturated heterocycles. The fraction of sp³-hybridized carbons (Fsp3) is 0. The predicted octanol–water partition coefficient (Wildman–Crippen LogP) is 0.915. The number of nitrogens with zero attached hydrogens (tertiary/aromatic N) is 2. The zero-order chi connectivity index (χ0) is 8.97. The molecule has 0 aliphatic heterocycles. The van der Waals surface area contributed by atoms with Gasteiger partial charge in [0.05, 0.1) is 10.7 Å². The van der Waals surface area contributed by atoms with Gasteiger partial charge in [-0.15, -0.1) is 0 Å². The lowest BCUT2D eigenvalue weighted by Gasteiger charge is -1.93. The fourth-order valence-electron chi connectivity index (χ4n) is 0.645. The zero-order valence-corrected chi connectivity index (χ0v) is 6.84.